The van der Waals surface area contributed by atoms with E-state index in [0.29, 0.717) is 47.3 Å². The summed E-state index contributed by atoms with van der Waals surface area (Å²) in [6.45, 7) is 2.97. The van der Waals surface area contributed by atoms with E-state index in [1.165, 1.54) is 17.4 Å². The van der Waals surface area contributed by atoms with Crippen LogP contribution < -0.4 is 10.5 Å². The number of likely N-dealkylation sites (tertiary alicyclic amines) is 1. The molecule has 6 rings (SSSR count). The van der Waals surface area contributed by atoms with E-state index in [2.05, 4.69) is 20.9 Å². The Hall–Kier alpha value is -2.82. The fourth-order valence-corrected chi connectivity index (χ4v) is 6.32. The molecular weight excluding hydrogens is 549 g/mol. The number of carboxylic acid groups (broad SMARTS) is 1. The number of piperidine rings is 1. The molecule has 2 aliphatic heterocycles. The number of thiazole rings is 1. The maximum Gasteiger partial charge on any atom is 0.336 e. The number of nitrogens with two attached hydrogens (primary N) is 1. The molecule has 3 aromatic rings. The quantitative estimate of drug-likeness (QED) is 0.459. The first-order valence-corrected chi connectivity index (χ1v) is 13.3. The first-order chi connectivity index (χ1) is 17.3. The summed E-state index contributed by atoms with van der Waals surface area (Å²) in [5, 5.41) is 9.62. The van der Waals surface area contributed by atoms with E-state index >= 15 is 0 Å². The lowest BCUT2D eigenvalue weighted by Gasteiger charge is -2.26. The number of nitrogens with zero attached hydrogens (tertiary/aromatic N) is 2. The molecule has 1 aromatic heterocycles. The van der Waals surface area contributed by atoms with Gasteiger partial charge in [0, 0.05) is 30.6 Å². The number of halogens is 2. The third-order valence-corrected chi connectivity index (χ3v) is 8.44. The molecule has 3 aliphatic rings. The van der Waals surface area contributed by atoms with Gasteiger partial charge in [-0.3, -0.25) is 4.79 Å². The Morgan fingerprint density at radius 3 is 2.83 bits per heavy atom. The summed E-state index contributed by atoms with van der Waals surface area (Å²) in [5.74, 6) is 0.0737. The highest BCUT2D eigenvalue weighted by Gasteiger charge is 2.54. The summed E-state index contributed by atoms with van der Waals surface area (Å²) < 4.78 is 19.1. The van der Waals surface area contributed by atoms with Crippen molar-refractivity contribution in [1.82, 2.24) is 9.88 Å². The van der Waals surface area contributed by atoms with Crippen LogP contribution in [0.2, 0.25) is 0 Å². The molecule has 0 spiro atoms. The summed E-state index contributed by atoms with van der Waals surface area (Å²) in [5.41, 5.74) is 8.30. The maximum absolute atomic E-state index is 13.5. The maximum atomic E-state index is 13.5. The predicted octanol–water partition coefficient (Wildman–Crippen LogP) is 4.90. The van der Waals surface area contributed by atoms with Gasteiger partial charge in [0.1, 0.15) is 17.3 Å². The van der Waals surface area contributed by atoms with Gasteiger partial charge in [-0.25, -0.2) is 14.2 Å². The molecule has 1 saturated carbocycles. The van der Waals surface area contributed by atoms with Crippen LogP contribution in [0.3, 0.4) is 0 Å². The van der Waals surface area contributed by atoms with E-state index in [0.717, 1.165) is 39.6 Å². The van der Waals surface area contributed by atoms with Crippen LogP contribution in [-0.2, 0) is 6.42 Å². The summed E-state index contributed by atoms with van der Waals surface area (Å²) in [4.78, 5) is 31.1. The van der Waals surface area contributed by atoms with Crippen molar-refractivity contribution in [3.63, 3.8) is 0 Å². The Morgan fingerprint density at radius 2 is 2.11 bits per heavy atom. The molecule has 0 bridgehead atoms. The zero-order chi connectivity index (χ0) is 25.6. The fraction of sp³-hybridized carbons (Fsp3) is 0.346. The van der Waals surface area contributed by atoms with Gasteiger partial charge in [-0.15, -0.1) is 11.3 Å². The molecular formula is C26H25BrFN3O4S. The summed E-state index contributed by atoms with van der Waals surface area (Å²) in [6, 6.07) is 10.3. The van der Waals surface area contributed by atoms with Gasteiger partial charge in [0.05, 0.1) is 26.5 Å². The highest BCUT2D eigenvalue weighted by atomic mass is 79.9. The van der Waals surface area contributed by atoms with Gasteiger partial charge in [-0.2, -0.15) is 0 Å². The fourth-order valence-electron chi connectivity index (χ4n) is 5.04. The van der Waals surface area contributed by atoms with Crippen LogP contribution in [0.15, 0.2) is 40.9 Å². The van der Waals surface area contributed by atoms with Crippen molar-refractivity contribution in [3.8, 4) is 16.2 Å². The van der Waals surface area contributed by atoms with Crippen LogP contribution >= 0.6 is 27.3 Å². The lowest BCUT2D eigenvalue weighted by Crippen LogP contribution is -2.42. The average molecular weight is 574 g/mol. The van der Waals surface area contributed by atoms with Crippen molar-refractivity contribution in [2.45, 2.75) is 38.3 Å². The monoisotopic (exact) mass is 573 g/mol. The molecule has 1 saturated heterocycles. The number of carboxylic acids is 1. The Labute approximate surface area is 220 Å². The number of ether oxygens (including phenoxy) is 1. The molecule has 1 amide bonds. The summed E-state index contributed by atoms with van der Waals surface area (Å²) >= 11 is 4.67. The van der Waals surface area contributed by atoms with Crippen molar-refractivity contribution in [2.75, 3.05) is 13.2 Å². The molecule has 2 aromatic carbocycles. The van der Waals surface area contributed by atoms with E-state index in [1.807, 2.05) is 11.8 Å². The van der Waals surface area contributed by atoms with Crippen molar-refractivity contribution in [2.24, 2.45) is 11.7 Å². The average Bonchev–Trinajstić information content (AvgIpc) is 3.20. The lowest BCUT2D eigenvalue weighted by molar-refractivity contribution is 0.0689. The first kappa shape index (κ1) is 24.9. The molecule has 188 valence electrons. The van der Waals surface area contributed by atoms with Crippen LogP contribution in [0.1, 0.15) is 44.3 Å². The number of fused-ring (bicyclic) bond motifs is 2. The molecule has 0 radical (unpaired) electrons. The minimum absolute atomic E-state index is 0.0461. The molecule has 7 nitrogen and oxygen atoms in total. The van der Waals surface area contributed by atoms with E-state index in [4.69, 9.17) is 15.6 Å². The number of carbonyl (C=O) groups excluding carboxylic acids is 1. The molecule has 2 fully saturated rings. The van der Waals surface area contributed by atoms with E-state index < -0.39 is 5.97 Å². The topological polar surface area (TPSA) is 106 Å². The van der Waals surface area contributed by atoms with Crippen molar-refractivity contribution >= 4 is 39.1 Å². The van der Waals surface area contributed by atoms with E-state index in [9.17, 15) is 14.0 Å². The molecule has 36 heavy (non-hydrogen) atoms. The number of amides is 1. The van der Waals surface area contributed by atoms with Crippen molar-refractivity contribution < 1.29 is 23.8 Å². The van der Waals surface area contributed by atoms with Gasteiger partial charge in [0.15, 0.2) is 0 Å². The number of aromatic nitrogens is 1. The van der Waals surface area contributed by atoms with Crippen LogP contribution in [0, 0.1) is 18.7 Å². The molecule has 3 heterocycles. The molecule has 3 N–H and O–H groups in total. The smallest absolute Gasteiger partial charge is 0.336 e. The lowest BCUT2D eigenvalue weighted by atomic mass is 10.1. The van der Waals surface area contributed by atoms with Gasteiger partial charge in [-0.05, 0) is 71.4 Å². The van der Waals surface area contributed by atoms with Crippen LogP contribution in [0.25, 0.3) is 10.4 Å². The third-order valence-electron chi connectivity index (χ3n) is 6.81. The van der Waals surface area contributed by atoms with Crippen LogP contribution in [-0.4, -0.2) is 52.1 Å². The largest absolute Gasteiger partial charge is 0.493 e. The Bertz CT molecular complexity index is 1350. The minimum atomic E-state index is -0.877. The molecule has 3 atom stereocenters. The van der Waals surface area contributed by atoms with Crippen LogP contribution in [0.5, 0.6) is 5.75 Å². The van der Waals surface area contributed by atoms with Gasteiger partial charge in [0.2, 0.25) is 0 Å². The number of aryl methyl sites for hydroxylation is 1. The van der Waals surface area contributed by atoms with Gasteiger partial charge < -0.3 is 20.5 Å². The van der Waals surface area contributed by atoms with Crippen molar-refractivity contribution in [3.05, 3.63) is 68.5 Å². The van der Waals surface area contributed by atoms with Gasteiger partial charge >= 0.3 is 5.97 Å². The first-order valence-electron chi connectivity index (χ1n) is 11.7. The second-order valence-corrected chi connectivity index (χ2v) is 11.2. The van der Waals surface area contributed by atoms with Gasteiger partial charge in [0.25, 0.3) is 5.91 Å². The molecule has 10 heteroatoms. The Kier molecular flexibility index (Phi) is 6.84. The highest BCUT2D eigenvalue weighted by Crippen LogP contribution is 2.48. The van der Waals surface area contributed by atoms with Gasteiger partial charge in [-0.1, -0.05) is 12.1 Å². The van der Waals surface area contributed by atoms with E-state index in [1.54, 1.807) is 30.3 Å². The van der Waals surface area contributed by atoms with Crippen molar-refractivity contribution in [1.29, 1.82) is 0 Å². The standard InChI is InChI=1S/C17H17BrFN3OS.C9H8O3/c1-8-21-15(16(24-8)9-2-3-13(19)12(18)5-9)17(23)22-11(7-20)4-10-6-14(10)22;10-9(11)7-2-1-3-8-6(7)4-5-12-8/h2-3,5,10-11,14H,4,6-7,20H2,1H3;1-3H,4-5H2,(H,10,11)/t10-,11+,14+;/m1./s1. The minimum Gasteiger partial charge on any atom is -0.493 e. The number of carbonyl (C=O) groups is 2. The molecule has 1 aliphatic carbocycles. The van der Waals surface area contributed by atoms with E-state index in [-0.39, 0.29) is 17.8 Å². The van der Waals surface area contributed by atoms with Crippen LogP contribution in [0.4, 0.5) is 4.39 Å². The molecule has 0 unspecified atom stereocenters. The second kappa shape index (κ2) is 9.91. The number of rotatable bonds is 4. The second-order valence-electron chi connectivity index (χ2n) is 9.13. The SMILES string of the molecule is Cc1nc(C(=O)N2[C@H](CN)C[C@@H]3C[C@@H]32)c(-c2ccc(F)c(Br)c2)s1.O=C(O)c1cccc2c1CCO2. The Morgan fingerprint density at radius 1 is 1.31 bits per heavy atom. The zero-order valence-electron chi connectivity index (χ0n) is 19.5. The number of aromatic carboxylic acids is 1. The third kappa shape index (κ3) is 4.65. The Balaban J connectivity index is 0.000000186. The summed E-state index contributed by atoms with van der Waals surface area (Å²) in [7, 11) is 0. The highest BCUT2D eigenvalue weighted by molar-refractivity contribution is 9.10. The normalized spacial score (nSPS) is 21.2. The zero-order valence-corrected chi connectivity index (χ0v) is 21.9. The number of benzene rings is 2. The number of hydrogen-bond donors (Lipinski definition) is 2. The predicted molar refractivity (Wildman–Crippen MR) is 138 cm³/mol. The number of hydrogen-bond acceptors (Lipinski definition) is 6. The summed E-state index contributed by atoms with van der Waals surface area (Å²) in [6.07, 6.45) is 2.77.